The summed E-state index contributed by atoms with van der Waals surface area (Å²) in [5.41, 5.74) is 9.67. The molecule has 2 rings (SSSR count). The van der Waals surface area contributed by atoms with Crippen molar-refractivity contribution in [2.45, 2.75) is 20.5 Å². The quantitative estimate of drug-likeness (QED) is 0.692. The second kappa shape index (κ2) is 6.31. The maximum atomic E-state index is 12.1. The molecular weight excluding hydrogens is 266 g/mol. The van der Waals surface area contributed by atoms with Crippen LogP contribution in [0.1, 0.15) is 27.0 Å². The number of ether oxygens (including phenoxy) is 2. The Labute approximate surface area is 124 Å². The van der Waals surface area contributed by atoms with E-state index in [1.165, 1.54) is 0 Å². The Balaban J connectivity index is 2.06. The van der Waals surface area contributed by atoms with Crippen molar-refractivity contribution in [1.82, 2.24) is 0 Å². The van der Waals surface area contributed by atoms with Gasteiger partial charge < -0.3 is 15.2 Å². The van der Waals surface area contributed by atoms with E-state index in [1.807, 2.05) is 44.2 Å². The zero-order valence-corrected chi connectivity index (χ0v) is 12.5. The van der Waals surface area contributed by atoms with Crippen LogP contribution in [-0.2, 0) is 11.3 Å². The van der Waals surface area contributed by atoms with E-state index in [9.17, 15) is 4.79 Å². The number of hydrogen-bond donors (Lipinski definition) is 1. The van der Waals surface area contributed by atoms with Gasteiger partial charge in [-0.25, -0.2) is 4.79 Å². The molecule has 4 heteroatoms. The number of esters is 1. The molecule has 0 aliphatic rings. The molecule has 0 amide bonds. The highest BCUT2D eigenvalue weighted by atomic mass is 16.5. The van der Waals surface area contributed by atoms with Gasteiger partial charge in [-0.15, -0.1) is 0 Å². The number of rotatable bonds is 4. The lowest BCUT2D eigenvalue weighted by Gasteiger charge is -2.10. The van der Waals surface area contributed by atoms with Crippen molar-refractivity contribution in [3.05, 3.63) is 58.7 Å². The Morgan fingerprint density at radius 1 is 1.10 bits per heavy atom. The van der Waals surface area contributed by atoms with Gasteiger partial charge in [-0.2, -0.15) is 0 Å². The number of hydrogen-bond acceptors (Lipinski definition) is 4. The number of carbonyl (C=O) groups is 1. The Morgan fingerprint density at radius 3 is 2.38 bits per heavy atom. The summed E-state index contributed by atoms with van der Waals surface area (Å²) in [6.45, 7) is 4.00. The Bertz CT molecular complexity index is 648. The maximum Gasteiger partial charge on any atom is 0.338 e. The molecule has 0 spiro atoms. The summed E-state index contributed by atoms with van der Waals surface area (Å²) in [5.74, 6) is 0.405. The Kier molecular flexibility index (Phi) is 4.48. The lowest BCUT2D eigenvalue weighted by Crippen LogP contribution is -2.08. The Hall–Kier alpha value is -2.49. The van der Waals surface area contributed by atoms with Gasteiger partial charge in [-0.3, -0.25) is 0 Å². The van der Waals surface area contributed by atoms with Crippen LogP contribution in [0.25, 0.3) is 0 Å². The van der Waals surface area contributed by atoms with Crippen LogP contribution in [0.2, 0.25) is 0 Å². The molecule has 0 atom stereocenters. The predicted molar refractivity (Wildman–Crippen MR) is 82.4 cm³/mol. The molecule has 0 heterocycles. The summed E-state index contributed by atoms with van der Waals surface area (Å²) >= 11 is 0. The monoisotopic (exact) mass is 285 g/mol. The van der Waals surface area contributed by atoms with Crippen LogP contribution in [0, 0.1) is 13.8 Å². The first-order valence-electron chi connectivity index (χ1n) is 6.68. The molecule has 0 saturated carbocycles. The van der Waals surface area contributed by atoms with E-state index in [2.05, 4.69) is 0 Å². The molecule has 0 saturated heterocycles. The lowest BCUT2D eigenvalue weighted by atomic mass is 10.0. The van der Waals surface area contributed by atoms with Crippen LogP contribution in [0.4, 0.5) is 5.69 Å². The highest BCUT2D eigenvalue weighted by molar-refractivity contribution is 5.92. The molecular formula is C17H19NO3. The molecule has 4 nitrogen and oxygen atoms in total. The largest absolute Gasteiger partial charge is 0.497 e. The summed E-state index contributed by atoms with van der Waals surface area (Å²) in [7, 11) is 1.61. The summed E-state index contributed by atoms with van der Waals surface area (Å²) in [6, 6.07) is 10.9. The Morgan fingerprint density at radius 2 is 1.76 bits per heavy atom. The fourth-order valence-electron chi connectivity index (χ4n) is 2.04. The van der Waals surface area contributed by atoms with Gasteiger partial charge in [0, 0.05) is 5.69 Å². The highest BCUT2D eigenvalue weighted by Crippen LogP contribution is 2.19. The molecule has 2 aromatic rings. The fourth-order valence-corrected chi connectivity index (χ4v) is 2.04. The van der Waals surface area contributed by atoms with Gasteiger partial charge in [0.15, 0.2) is 0 Å². The van der Waals surface area contributed by atoms with Crippen molar-refractivity contribution in [3.8, 4) is 5.75 Å². The zero-order chi connectivity index (χ0) is 15.4. The van der Waals surface area contributed by atoms with Crippen molar-refractivity contribution >= 4 is 11.7 Å². The van der Waals surface area contributed by atoms with Gasteiger partial charge in [0.25, 0.3) is 0 Å². The number of aryl methyl sites for hydroxylation is 2. The molecule has 0 bridgehead atoms. The normalized spacial score (nSPS) is 10.2. The van der Waals surface area contributed by atoms with Gasteiger partial charge in [0.1, 0.15) is 12.4 Å². The van der Waals surface area contributed by atoms with Gasteiger partial charge in [-0.05, 0) is 48.7 Å². The van der Waals surface area contributed by atoms with Gasteiger partial charge in [-0.1, -0.05) is 18.2 Å². The number of nitrogens with two attached hydrogens (primary N) is 1. The molecule has 2 N–H and O–H groups in total. The average Bonchev–Trinajstić information content (AvgIpc) is 2.49. The molecule has 0 fully saturated rings. The van der Waals surface area contributed by atoms with E-state index in [-0.39, 0.29) is 12.6 Å². The molecule has 0 aromatic heterocycles. The molecule has 21 heavy (non-hydrogen) atoms. The van der Waals surface area contributed by atoms with Crippen molar-refractivity contribution in [2.75, 3.05) is 12.8 Å². The molecule has 0 aliphatic carbocycles. The summed E-state index contributed by atoms with van der Waals surface area (Å²) < 4.78 is 10.4. The van der Waals surface area contributed by atoms with Crippen LogP contribution in [0.5, 0.6) is 5.75 Å². The number of carbonyl (C=O) groups excluding carboxylic acids is 1. The van der Waals surface area contributed by atoms with Crippen molar-refractivity contribution < 1.29 is 14.3 Å². The first-order chi connectivity index (χ1) is 10.0. The van der Waals surface area contributed by atoms with Gasteiger partial charge in [0.05, 0.1) is 12.7 Å². The van der Waals surface area contributed by atoms with Crippen molar-refractivity contribution in [3.63, 3.8) is 0 Å². The molecule has 2 aromatic carbocycles. The van der Waals surface area contributed by atoms with E-state index in [4.69, 9.17) is 15.2 Å². The number of benzene rings is 2. The predicted octanol–water partition coefficient (Wildman–Crippen LogP) is 3.25. The minimum absolute atomic E-state index is 0.218. The second-order valence-corrected chi connectivity index (χ2v) is 4.95. The van der Waals surface area contributed by atoms with Gasteiger partial charge >= 0.3 is 5.97 Å². The number of nitrogen functional groups attached to an aromatic ring is 1. The van der Waals surface area contributed by atoms with E-state index in [0.717, 1.165) is 22.4 Å². The first-order valence-corrected chi connectivity index (χ1v) is 6.68. The minimum atomic E-state index is -0.366. The maximum absolute atomic E-state index is 12.1. The summed E-state index contributed by atoms with van der Waals surface area (Å²) in [6.07, 6.45) is 0. The lowest BCUT2D eigenvalue weighted by molar-refractivity contribution is 0.0472. The topological polar surface area (TPSA) is 61.5 Å². The van der Waals surface area contributed by atoms with Crippen molar-refractivity contribution in [2.24, 2.45) is 0 Å². The van der Waals surface area contributed by atoms with Crippen LogP contribution in [0.15, 0.2) is 36.4 Å². The SMILES string of the molecule is COc1ccc(COC(=O)c2cc(N)c(C)cc2C)cc1. The smallest absolute Gasteiger partial charge is 0.338 e. The summed E-state index contributed by atoms with van der Waals surface area (Å²) in [4.78, 5) is 12.1. The number of anilines is 1. The zero-order valence-electron chi connectivity index (χ0n) is 12.5. The third-order valence-electron chi connectivity index (χ3n) is 3.36. The van der Waals surface area contributed by atoms with E-state index in [0.29, 0.717) is 11.3 Å². The third kappa shape index (κ3) is 3.54. The van der Waals surface area contributed by atoms with Crippen LogP contribution >= 0.6 is 0 Å². The van der Waals surface area contributed by atoms with E-state index < -0.39 is 0 Å². The first kappa shape index (κ1) is 14.9. The molecule has 0 unspecified atom stereocenters. The van der Waals surface area contributed by atoms with Gasteiger partial charge in [0.2, 0.25) is 0 Å². The molecule has 0 aliphatic heterocycles. The second-order valence-electron chi connectivity index (χ2n) is 4.95. The highest BCUT2D eigenvalue weighted by Gasteiger charge is 2.12. The summed E-state index contributed by atoms with van der Waals surface area (Å²) in [5, 5.41) is 0. The van der Waals surface area contributed by atoms with Crippen LogP contribution < -0.4 is 10.5 Å². The fraction of sp³-hybridized carbons (Fsp3) is 0.235. The van der Waals surface area contributed by atoms with E-state index >= 15 is 0 Å². The number of methoxy groups -OCH3 is 1. The molecule has 0 radical (unpaired) electrons. The van der Waals surface area contributed by atoms with Crippen molar-refractivity contribution in [1.29, 1.82) is 0 Å². The van der Waals surface area contributed by atoms with E-state index in [1.54, 1.807) is 13.2 Å². The third-order valence-corrected chi connectivity index (χ3v) is 3.36. The standard InChI is InChI=1S/C17H19NO3/c1-11-8-12(2)16(18)9-15(11)17(19)21-10-13-4-6-14(20-3)7-5-13/h4-9H,10,18H2,1-3H3. The molecule has 110 valence electrons. The average molecular weight is 285 g/mol. The minimum Gasteiger partial charge on any atom is -0.497 e. The van der Waals surface area contributed by atoms with Crippen LogP contribution in [-0.4, -0.2) is 13.1 Å². The van der Waals surface area contributed by atoms with Crippen LogP contribution in [0.3, 0.4) is 0 Å².